The maximum Gasteiger partial charge on any atom is 0.191 e. The van der Waals surface area contributed by atoms with E-state index in [0.29, 0.717) is 6.54 Å². The van der Waals surface area contributed by atoms with Crippen LogP contribution in [0.25, 0.3) is 0 Å². The van der Waals surface area contributed by atoms with E-state index in [1.807, 2.05) is 6.07 Å². The van der Waals surface area contributed by atoms with Crippen molar-refractivity contribution >= 4 is 29.9 Å². The Bertz CT molecular complexity index is 558. The standard InChI is InChI=1S/C19H31N3O2.HI/c1-5-20-18(22-14-19(3)10-6-12-24-19)21-11-9-16-13-15(2)7-8-17(16)23-4;/h7-8,13H,5-6,9-12,14H2,1-4H3,(H2,20,21,22);1H. The number of ether oxygens (including phenoxy) is 2. The fraction of sp³-hybridized carbons (Fsp3) is 0.632. The summed E-state index contributed by atoms with van der Waals surface area (Å²) in [7, 11) is 1.72. The summed E-state index contributed by atoms with van der Waals surface area (Å²) in [6, 6.07) is 6.28. The van der Waals surface area contributed by atoms with Gasteiger partial charge in [-0.05, 0) is 51.7 Å². The van der Waals surface area contributed by atoms with Gasteiger partial charge in [0.15, 0.2) is 5.96 Å². The van der Waals surface area contributed by atoms with E-state index in [-0.39, 0.29) is 29.6 Å². The first-order valence-corrected chi connectivity index (χ1v) is 8.86. The zero-order valence-electron chi connectivity index (χ0n) is 15.9. The second-order valence-electron chi connectivity index (χ2n) is 6.59. The van der Waals surface area contributed by atoms with Gasteiger partial charge in [0.1, 0.15) is 5.75 Å². The Morgan fingerprint density at radius 1 is 1.36 bits per heavy atom. The van der Waals surface area contributed by atoms with Crippen LogP contribution in [-0.4, -0.2) is 44.9 Å². The molecule has 142 valence electrons. The summed E-state index contributed by atoms with van der Waals surface area (Å²) < 4.78 is 11.3. The summed E-state index contributed by atoms with van der Waals surface area (Å²) >= 11 is 0. The van der Waals surface area contributed by atoms with Gasteiger partial charge in [0, 0.05) is 19.7 Å². The number of halogens is 1. The summed E-state index contributed by atoms with van der Waals surface area (Å²) in [4.78, 5) is 4.70. The van der Waals surface area contributed by atoms with Gasteiger partial charge in [0.05, 0.1) is 19.3 Å². The minimum atomic E-state index is -0.109. The van der Waals surface area contributed by atoms with Crippen LogP contribution < -0.4 is 15.4 Å². The number of hydrogen-bond donors (Lipinski definition) is 2. The summed E-state index contributed by atoms with van der Waals surface area (Å²) in [5.74, 6) is 1.79. The van der Waals surface area contributed by atoms with Crippen LogP contribution in [0.1, 0.15) is 37.8 Å². The van der Waals surface area contributed by atoms with E-state index in [4.69, 9.17) is 14.5 Å². The number of hydrogen-bond acceptors (Lipinski definition) is 3. The smallest absolute Gasteiger partial charge is 0.191 e. The molecule has 0 aliphatic carbocycles. The van der Waals surface area contributed by atoms with E-state index in [0.717, 1.165) is 50.7 Å². The molecule has 1 fully saturated rings. The van der Waals surface area contributed by atoms with Gasteiger partial charge in [-0.25, -0.2) is 0 Å². The predicted molar refractivity (Wildman–Crippen MR) is 114 cm³/mol. The van der Waals surface area contributed by atoms with Gasteiger partial charge in [0.25, 0.3) is 0 Å². The minimum Gasteiger partial charge on any atom is -0.496 e. The highest BCUT2D eigenvalue weighted by molar-refractivity contribution is 14.0. The van der Waals surface area contributed by atoms with Gasteiger partial charge in [0.2, 0.25) is 0 Å². The first-order valence-electron chi connectivity index (χ1n) is 8.86. The number of aliphatic imine (C=N–C) groups is 1. The Morgan fingerprint density at radius 2 is 2.16 bits per heavy atom. The van der Waals surface area contributed by atoms with Crippen molar-refractivity contribution in [1.82, 2.24) is 10.6 Å². The number of nitrogens with one attached hydrogen (secondary N) is 2. The van der Waals surface area contributed by atoms with Crippen molar-refractivity contribution in [1.29, 1.82) is 0 Å². The molecule has 6 heteroatoms. The van der Waals surface area contributed by atoms with E-state index in [1.165, 1.54) is 11.1 Å². The summed E-state index contributed by atoms with van der Waals surface area (Å²) in [6.45, 7) is 9.52. The Labute approximate surface area is 169 Å². The van der Waals surface area contributed by atoms with Crippen molar-refractivity contribution in [3.63, 3.8) is 0 Å². The predicted octanol–water partition coefficient (Wildman–Crippen LogP) is 3.29. The lowest BCUT2D eigenvalue weighted by atomic mass is 10.0. The molecule has 0 spiro atoms. The van der Waals surface area contributed by atoms with Gasteiger partial charge < -0.3 is 20.1 Å². The average Bonchev–Trinajstić information content (AvgIpc) is 3.00. The maximum absolute atomic E-state index is 5.81. The summed E-state index contributed by atoms with van der Waals surface area (Å²) in [6.07, 6.45) is 3.10. The van der Waals surface area contributed by atoms with Crippen LogP contribution in [0.4, 0.5) is 0 Å². The molecule has 2 N–H and O–H groups in total. The largest absolute Gasteiger partial charge is 0.496 e. The Kier molecular flexibility index (Phi) is 9.56. The maximum atomic E-state index is 5.81. The van der Waals surface area contributed by atoms with Crippen molar-refractivity contribution in [3.8, 4) is 5.75 Å². The third-order valence-corrected chi connectivity index (χ3v) is 4.34. The highest BCUT2D eigenvalue weighted by Crippen LogP contribution is 2.25. The molecule has 0 amide bonds. The Hall–Kier alpha value is -1.02. The molecule has 25 heavy (non-hydrogen) atoms. The van der Waals surface area contributed by atoms with Crippen LogP contribution in [-0.2, 0) is 11.2 Å². The molecular weight excluding hydrogens is 429 g/mol. The third-order valence-electron chi connectivity index (χ3n) is 4.34. The van der Waals surface area contributed by atoms with E-state index in [2.05, 4.69) is 43.5 Å². The highest BCUT2D eigenvalue weighted by Gasteiger charge is 2.29. The van der Waals surface area contributed by atoms with Crippen molar-refractivity contribution in [2.75, 3.05) is 33.4 Å². The zero-order valence-corrected chi connectivity index (χ0v) is 18.2. The molecule has 1 aromatic carbocycles. The normalized spacial score (nSPS) is 20.1. The van der Waals surface area contributed by atoms with Gasteiger partial charge in [-0.1, -0.05) is 17.7 Å². The van der Waals surface area contributed by atoms with Crippen LogP contribution in [0.3, 0.4) is 0 Å². The molecular formula is C19H32IN3O2. The average molecular weight is 461 g/mol. The number of methoxy groups -OCH3 is 1. The molecule has 1 aliphatic rings. The minimum absolute atomic E-state index is 0. The van der Waals surface area contributed by atoms with Gasteiger partial charge in [-0.2, -0.15) is 0 Å². The molecule has 0 saturated carbocycles. The lowest BCUT2D eigenvalue weighted by Crippen LogP contribution is -2.40. The summed E-state index contributed by atoms with van der Waals surface area (Å²) in [5.41, 5.74) is 2.35. The second kappa shape index (κ2) is 10.9. The van der Waals surface area contributed by atoms with Gasteiger partial charge >= 0.3 is 0 Å². The second-order valence-corrected chi connectivity index (χ2v) is 6.59. The van der Waals surface area contributed by atoms with Crippen LogP contribution in [0.5, 0.6) is 5.75 Å². The van der Waals surface area contributed by atoms with Crippen molar-refractivity contribution in [3.05, 3.63) is 29.3 Å². The number of aryl methyl sites for hydroxylation is 1. The Morgan fingerprint density at radius 3 is 2.80 bits per heavy atom. The number of nitrogens with zero attached hydrogens (tertiary/aromatic N) is 1. The van der Waals surface area contributed by atoms with Crippen LogP contribution in [0.2, 0.25) is 0 Å². The van der Waals surface area contributed by atoms with Gasteiger partial charge in [-0.3, -0.25) is 4.99 Å². The van der Waals surface area contributed by atoms with Crippen molar-refractivity contribution in [2.24, 2.45) is 4.99 Å². The quantitative estimate of drug-likeness (QED) is 0.372. The molecule has 1 heterocycles. The first-order chi connectivity index (χ1) is 11.6. The highest BCUT2D eigenvalue weighted by atomic mass is 127. The molecule has 0 bridgehead atoms. The van der Waals surface area contributed by atoms with E-state index < -0.39 is 0 Å². The lowest BCUT2D eigenvalue weighted by molar-refractivity contribution is 0.0283. The topological polar surface area (TPSA) is 54.9 Å². The molecule has 1 unspecified atom stereocenters. The molecule has 5 nitrogen and oxygen atoms in total. The van der Waals surface area contributed by atoms with E-state index >= 15 is 0 Å². The zero-order chi connectivity index (χ0) is 17.4. The number of guanidine groups is 1. The SMILES string of the molecule is CCNC(=NCC1(C)CCCO1)NCCc1cc(C)ccc1OC.I. The van der Waals surface area contributed by atoms with Crippen LogP contribution in [0, 0.1) is 6.92 Å². The van der Waals surface area contributed by atoms with E-state index in [1.54, 1.807) is 7.11 Å². The van der Waals surface area contributed by atoms with Crippen molar-refractivity contribution < 1.29 is 9.47 Å². The fourth-order valence-corrected chi connectivity index (χ4v) is 2.97. The summed E-state index contributed by atoms with van der Waals surface area (Å²) in [5, 5.41) is 6.71. The van der Waals surface area contributed by atoms with E-state index in [9.17, 15) is 0 Å². The molecule has 1 aliphatic heterocycles. The molecule has 1 aromatic rings. The number of benzene rings is 1. The fourth-order valence-electron chi connectivity index (χ4n) is 2.97. The monoisotopic (exact) mass is 461 g/mol. The molecule has 0 aromatic heterocycles. The van der Waals surface area contributed by atoms with Crippen LogP contribution >= 0.6 is 24.0 Å². The number of rotatable bonds is 7. The van der Waals surface area contributed by atoms with Crippen LogP contribution in [0.15, 0.2) is 23.2 Å². The third kappa shape index (κ3) is 7.01. The molecule has 1 saturated heterocycles. The molecule has 1 atom stereocenters. The Balaban J connectivity index is 0.00000312. The molecule has 0 radical (unpaired) electrons. The van der Waals surface area contributed by atoms with Gasteiger partial charge in [-0.15, -0.1) is 24.0 Å². The van der Waals surface area contributed by atoms with Crippen molar-refractivity contribution in [2.45, 2.75) is 45.6 Å². The lowest BCUT2D eigenvalue weighted by Gasteiger charge is -2.21. The molecule has 2 rings (SSSR count). The first kappa shape index (κ1) is 22.0.